The van der Waals surface area contributed by atoms with Gasteiger partial charge in [0, 0.05) is 17.8 Å². The van der Waals surface area contributed by atoms with Crippen LogP contribution in [0.2, 0.25) is 0 Å². The number of nitrogens with zero attached hydrogens (tertiary/aromatic N) is 3. The minimum absolute atomic E-state index is 0.0896. The van der Waals surface area contributed by atoms with Crippen molar-refractivity contribution >= 4 is 28.2 Å². The smallest absolute Gasteiger partial charge is 0.270 e. The number of aromatic nitrogens is 2. The van der Waals surface area contributed by atoms with Crippen molar-refractivity contribution in [1.82, 2.24) is 9.55 Å². The van der Waals surface area contributed by atoms with E-state index in [-0.39, 0.29) is 17.6 Å². The molecule has 0 atom stereocenters. The van der Waals surface area contributed by atoms with Gasteiger partial charge in [-0.05, 0) is 29.3 Å². The number of amides is 1. The van der Waals surface area contributed by atoms with Gasteiger partial charge in [0.25, 0.3) is 11.2 Å². The highest BCUT2D eigenvalue weighted by Gasteiger charge is 2.12. The highest BCUT2D eigenvalue weighted by molar-refractivity contribution is 5.91. The number of fused-ring (bicyclic) bond motifs is 1. The average molecular weight is 400 g/mol. The first-order chi connectivity index (χ1) is 14.5. The van der Waals surface area contributed by atoms with Crippen LogP contribution in [0, 0.1) is 10.1 Å². The van der Waals surface area contributed by atoms with Gasteiger partial charge >= 0.3 is 0 Å². The second-order valence-electron chi connectivity index (χ2n) is 6.63. The molecule has 1 N–H and O–H groups in total. The van der Waals surface area contributed by atoms with Crippen molar-refractivity contribution < 1.29 is 9.72 Å². The standard InChI is InChI=1S/C22H16N4O4/c27-21(24-17-8-6-16(7-9-17)15-4-2-1-3-5-15)13-25-14-23-20-11-10-18(26(29)30)12-19(20)22(25)28/h1-12,14H,13H2,(H,24,27). The Kier molecular flexibility index (Phi) is 5.04. The van der Waals surface area contributed by atoms with Gasteiger partial charge in [0.05, 0.1) is 22.2 Å². The van der Waals surface area contributed by atoms with Gasteiger partial charge in [-0.1, -0.05) is 42.5 Å². The van der Waals surface area contributed by atoms with E-state index in [1.54, 1.807) is 12.1 Å². The van der Waals surface area contributed by atoms with Crippen molar-refractivity contribution in [2.24, 2.45) is 0 Å². The van der Waals surface area contributed by atoms with Gasteiger partial charge in [-0.15, -0.1) is 0 Å². The van der Waals surface area contributed by atoms with E-state index in [0.717, 1.165) is 15.7 Å². The largest absolute Gasteiger partial charge is 0.325 e. The van der Waals surface area contributed by atoms with Crippen LogP contribution in [0.3, 0.4) is 0 Å². The second-order valence-corrected chi connectivity index (χ2v) is 6.63. The van der Waals surface area contributed by atoms with Gasteiger partial charge in [0.15, 0.2) is 0 Å². The molecule has 1 amide bonds. The normalized spacial score (nSPS) is 10.7. The molecule has 3 aromatic carbocycles. The molecule has 8 heteroatoms. The molecule has 0 radical (unpaired) electrons. The third-order valence-corrected chi connectivity index (χ3v) is 4.61. The molecule has 1 heterocycles. The lowest BCUT2D eigenvalue weighted by Crippen LogP contribution is -2.27. The molecule has 1 aromatic heterocycles. The SMILES string of the molecule is O=C(Cn1cnc2ccc([N+](=O)[O-])cc2c1=O)Nc1ccc(-c2ccccc2)cc1. The lowest BCUT2D eigenvalue weighted by molar-refractivity contribution is -0.384. The Labute approximate surface area is 170 Å². The fourth-order valence-electron chi connectivity index (χ4n) is 3.10. The molecule has 0 saturated carbocycles. The van der Waals surface area contributed by atoms with E-state index >= 15 is 0 Å². The number of nitrogens with one attached hydrogen (secondary N) is 1. The first-order valence-corrected chi connectivity index (χ1v) is 9.10. The third kappa shape index (κ3) is 3.93. The molecule has 0 aliphatic carbocycles. The van der Waals surface area contributed by atoms with E-state index in [1.165, 1.54) is 24.5 Å². The zero-order chi connectivity index (χ0) is 21.1. The molecule has 0 unspecified atom stereocenters. The molecule has 0 aliphatic heterocycles. The Morgan fingerprint density at radius 3 is 2.40 bits per heavy atom. The topological polar surface area (TPSA) is 107 Å². The summed E-state index contributed by atoms with van der Waals surface area (Å²) in [5, 5.41) is 13.8. The fourth-order valence-corrected chi connectivity index (χ4v) is 3.10. The van der Waals surface area contributed by atoms with Crippen LogP contribution in [0.25, 0.3) is 22.0 Å². The molecule has 0 spiro atoms. The number of carbonyl (C=O) groups is 1. The predicted octanol–water partition coefficient (Wildman–Crippen LogP) is 3.61. The molecule has 0 fully saturated rings. The zero-order valence-corrected chi connectivity index (χ0v) is 15.7. The van der Waals surface area contributed by atoms with Gasteiger partial charge in [0.2, 0.25) is 5.91 Å². The maximum absolute atomic E-state index is 12.6. The number of hydrogen-bond donors (Lipinski definition) is 1. The Bertz CT molecular complexity index is 1300. The van der Waals surface area contributed by atoms with Gasteiger partial charge < -0.3 is 5.32 Å². The second kappa shape index (κ2) is 7.96. The van der Waals surface area contributed by atoms with Gasteiger partial charge in [-0.2, -0.15) is 0 Å². The van der Waals surface area contributed by atoms with Crippen LogP contribution in [-0.2, 0) is 11.3 Å². The lowest BCUT2D eigenvalue weighted by Gasteiger charge is -2.09. The highest BCUT2D eigenvalue weighted by atomic mass is 16.6. The molecular weight excluding hydrogens is 384 g/mol. The average Bonchev–Trinajstić information content (AvgIpc) is 2.76. The minimum Gasteiger partial charge on any atom is -0.325 e. The predicted molar refractivity (Wildman–Crippen MR) is 113 cm³/mol. The molecule has 0 aliphatic rings. The Morgan fingerprint density at radius 1 is 1.00 bits per heavy atom. The number of non-ortho nitro benzene ring substituents is 1. The van der Waals surface area contributed by atoms with Crippen molar-refractivity contribution in [2.45, 2.75) is 6.54 Å². The number of rotatable bonds is 5. The molecule has 0 bridgehead atoms. The van der Waals surface area contributed by atoms with Crippen LogP contribution < -0.4 is 10.9 Å². The van der Waals surface area contributed by atoms with E-state index in [1.807, 2.05) is 42.5 Å². The fraction of sp³-hybridized carbons (Fsp3) is 0.0455. The van der Waals surface area contributed by atoms with Crippen molar-refractivity contribution in [3.05, 3.63) is 99.6 Å². The van der Waals surface area contributed by atoms with Crippen LogP contribution in [0.4, 0.5) is 11.4 Å². The summed E-state index contributed by atoms with van der Waals surface area (Å²) < 4.78 is 1.12. The van der Waals surface area contributed by atoms with E-state index in [2.05, 4.69) is 10.3 Å². The number of nitro benzene ring substituents is 1. The van der Waals surface area contributed by atoms with Gasteiger partial charge in [0.1, 0.15) is 6.54 Å². The molecule has 4 aromatic rings. The van der Waals surface area contributed by atoms with Crippen molar-refractivity contribution in [2.75, 3.05) is 5.32 Å². The van der Waals surface area contributed by atoms with Crippen LogP contribution >= 0.6 is 0 Å². The molecule has 148 valence electrons. The summed E-state index contributed by atoms with van der Waals surface area (Å²) in [6.45, 7) is -0.259. The van der Waals surface area contributed by atoms with Gasteiger partial charge in [-0.25, -0.2) is 4.98 Å². The maximum atomic E-state index is 12.6. The van der Waals surface area contributed by atoms with E-state index in [4.69, 9.17) is 0 Å². The molecule has 4 rings (SSSR count). The van der Waals surface area contributed by atoms with Crippen LogP contribution in [0.15, 0.2) is 83.9 Å². The summed E-state index contributed by atoms with van der Waals surface area (Å²) in [5.41, 5.74) is 2.29. The van der Waals surface area contributed by atoms with Crippen molar-refractivity contribution in [1.29, 1.82) is 0 Å². The number of hydrogen-bond acceptors (Lipinski definition) is 5. The summed E-state index contributed by atoms with van der Waals surface area (Å²) in [6, 6.07) is 21.1. The quantitative estimate of drug-likeness (QED) is 0.407. The molecule has 0 saturated heterocycles. The molecule has 30 heavy (non-hydrogen) atoms. The number of carbonyl (C=O) groups excluding carboxylic acids is 1. The van der Waals surface area contributed by atoms with E-state index in [9.17, 15) is 19.7 Å². The van der Waals surface area contributed by atoms with Crippen molar-refractivity contribution in [3.8, 4) is 11.1 Å². The van der Waals surface area contributed by atoms with Crippen molar-refractivity contribution in [3.63, 3.8) is 0 Å². The number of anilines is 1. The summed E-state index contributed by atoms with van der Waals surface area (Å²) in [7, 11) is 0. The van der Waals surface area contributed by atoms with E-state index in [0.29, 0.717) is 11.2 Å². The van der Waals surface area contributed by atoms with Crippen LogP contribution in [-0.4, -0.2) is 20.4 Å². The summed E-state index contributed by atoms with van der Waals surface area (Å²) in [5.74, 6) is -0.406. The highest BCUT2D eigenvalue weighted by Crippen LogP contribution is 2.21. The van der Waals surface area contributed by atoms with Crippen LogP contribution in [0.5, 0.6) is 0 Å². The summed E-state index contributed by atoms with van der Waals surface area (Å²) in [6.07, 6.45) is 1.26. The first kappa shape index (κ1) is 19.0. The first-order valence-electron chi connectivity index (χ1n) is 9.10. The number of benzene rings is 3. The zero-order valence-electron chi connectivity index (χ0n) is 15.7. The van der Waals surface area contributed by atoms with Crippen LogP contribution in [0.1, 0.15) is 0 Å². The molecule has 8 nitrogen and oxygen atoms in total. The summed E-state index contributed by atoms with van der Waals surface area (Å²) >= 11 is 0. The lowest BCUT2D eigenvalue weighted by atomic mass is 10.1. The minimum atomic E-state index is -0.581. The third-order valence-electron chi connectivity index (χ3n) is 4.61. The monoisotopic (exact) mass is 400 g/mol. The number of nitro groups is 1. The van der Waals surface area contributed by atoms with E-state index < -0.39 is 16.4 Å². The maximum Gasteiger partial charge on any atom is 0.270 e. The molecular formula is C22H16N4O4. The Hall–Kier alpha value is -4.33. The Balaban J connectivity index is 1.51. The summed E-state index contributed by atoms with van der Waals surface area (Å²) in [4.78, 5) is 39.5. The van der Waals surface area contributed by atoms with Gasteiger partial charge in [-0.3, -0.25) is 24.3 Å². The Morgan fingerprint density at radius 2 is 1.70 bits per heavy atom.